The number of nitro benzene ring substituents is 1. The molecular weight excluding hydrogens is 330 g/mol. The van der Waals surface area contributed by atoms with Crippen molar-refractivity contribution < 1.29 is 24.4 Å². The van der Waals surface area contributed by atoms with E-state index < -0.39 is 16.8 Å². The van der Waals surface area contributed by atoms with Gasteiger partial charge >= 0.3 is 5.97 Å². The molecular formula is C16H21N3O6. The van der Waals surface area contributed by atoms with Gasteiger partial charge in [0, 0.05) is 32.1 Å². The van der Waals surface area contributed by atoms with Crippen molar-refractivity contribution in [2.45, 2.75) is 13.3 Å². The number of nitrogens with zero attached hydrogens (tertiary/aromatic N) is 2. The first-order valence-corrected chi connectivity index (χ1v) is 8.00. The van der Waals surface area contributed by atoms with Crippen molar-refractivity contribution in [2.75, 3.05) is 37.7 Å². The molecule has 0 radical (unpaired) electrons. The fraction of sp³-hybridized carbons (Fsp3) is 0.500. The van der Waals surface area contributed by atoms with Gasteiger partial charge in [0.25, 0.3) is 11.6 Å². The summed E-state index contributed by atoms with van der Waals surface area (Å²) in [7, 11) is 0. The zero-order chi connectivity index (χ0) is 18.4. The minimum atomic E-state index is -0.939. The van der Waals surface area contributed by atoms with Crippen LogP contribution in [0.25, 0.3) is 0 Å². The second-order valence-corrected chi connectivity index (χ2v) is 5.94. The van der Waals surface area contributed by atoms with Crippen LogP contribution in [-0.2, 0) is 9.53 Å². The molecule has 9 nitrogen and oxygen atoms in total. The second-order valence-electron chi connectivity index (χ2n) is 5.94. The molecule has 9 heteroatoms. The highest BCUT2D eigenvalue weighted by Crippen LogP contribution is 2.32. The molecule has 1 fully saturated rings. The van der Waals surface area contributed by atoms with E-state index in [1.165, 1.54) is 18.2 Å². The van der Waals surface area contributed by atoms with Gasteiger partial charge in [-0.25, -0.2) is 0 Å². The van der Waals surface area contributed by atoms with E-state index in [2.05, 4.69) is 5.32 Å². The molecule has 136 valence electrons. The van der Waals surface area contributed by atoms with Gasteiger partial charge in [-0.3, -0.25) is 19.7 Å². The number of carboxylic acid groups (broad SMARTS) is 1. The first kappa shape index (κ1) is 18.7. The molecule has 1 aromatic rings. The van der Waals surface area contributed by atoms with Crippen LogP contribution in [0.5, 0.6) is 0 Å². The molecule has 2 N–H and O–H groups in total. The smallest absolute Gasteiger partial charge is 0.303 e. The van der Waals surface area contributed by atoms with Gasteiger partial charge in [0.1, 0.15) is 5.69 Å². The number of aliphatic carboxylic acids is 1. The topological polar surface area (TPSA) is 122 Å². The van der Waals surface area contributed by atoms with Crippen molar-refractivity contribution >= 4 is 23.3 Å². The van der Waals surface area contributed by atoms with Crippen molar-refractivity contribution in [1.82, 2.24) is 5.32 Å². The maximum Gasteiger partial charge on any atom is 0.303 e. The van der Waals surface area contributed by atoms with E-state index >= 15 is 0 Å². The van der Waals surface area contributed by atoms with Crippen LogP contribution in [0.4, 0.5) is 11.4 Å². The van der Waals surface area contributed by atoms with Crippen LogP contribution in [0.2, 0.25) is 0 Å². The second kappa shape index (κ2) is 8.43. The third-order valence-electron chi connectivity index (χ3n) is 3.92. The predicted molar refractivity (Wildman–Crippen MR) is 89.9 cm³/mol. The minimum absolute atomic E-state index is 0.0639. The van der Waals surface area contributed by atoms with Crippen LogP contribution in [-0.4, -0.2) is 54.8 Å². The molecule has 1 atom stereocenters. The van der Waals surface area contributed by atoms with Crippen LogP contribution in [0.15, 0.2) is 18.2 Å². The molecule has 1 aliphatic rings. The molecule has 1 aliphatic heterocycles. The quantitative estimate of drug-likeness (QED) is 0.560. The van der Waals surface area contributed by atoms with Gasteiger partial charge in [-0.15, -0.1) is 0 Å². The summed E-state index contributed by atoms with van der Waals surface area (Å²) in [6.45, 7) is 3.67. The molecule has 0 aliphatic carbocycles. The number of anilines is 1. The Balaban J connectivity index is 2.23. The van der Waals surface area contributed by atoms with Gasteiger partial charge in [0.15, 0.2) is 0 Å². The van der Waals surface area contributed by atoms with E-state index in [-0.39, 0.29) is 35.8 Å². The number of nitro groups is 1. The SMILES string of the molecule is CC(CNC(=O)c1cccc([N+](=O)[O-])c1N1CCOCC1)CC(=O)O. The first-order chi connectivity index (χ1) is 11.9. The Bertz CT molecular complexity index is 657. The number of para-hydroxylation sites is 1. The number of benzene rings is 1. The molecule has 0 spiro atoms. The van der Waals surface area contributed by atoms with Crippen LogP contribution in [0.3, 0.4) is 0 Å². The summed E-state index contributed by atoms with van der Waals surface area (Å²) in [4.78, 5) is 35.9. The summed E-state index contributed by atoms with van der Waals surface area (Å²) < 4.78 is 5.27. The molecule has 1 aromatic carbocycles. The Labute approximate surface area is 144 Å². The predicted octanol–water partition coefficient (Wildman–Crippen LogP) is 1.27. The lowest BCUT2D eigenvalue weighted by molar-refractivity contribution is -0.384. The van der Waals surface area contributed by atoms with Gasteiger partial charge in [0.05, 0.1) is 23.7 Å². The highest BCUT2D eigenvalue weighted by Gasteiger charge is 2.27. The minimum Gasteiger partial charge on any atom is -0.481 e. The molecule has 2 rings (SSSR count). The van der Waals surface area contributed by atoms with E-state index in [9.17, 15) is 19.7 Å². The summed E-state index contributed by atoms with van der Waals surface area (Å²) in [5.41, 5.74) is 0.353. The van der Waals surface area contributed by atoms with Gasteiger partial charge in [0.2, 0.25) is 0 Å². The molecule has 1 heterocycles. The fourth-order valence-electron chi connectivity index (χ4n) is 2.71. The maximum atomic E-state index is 12.5. The Hall–Kier alpha value is -2.68. The molecule has 0 aromatic heterocycles. The molecule has 1 unspecified atom stereocenters. The van der Waals surface area contributed by atoms with E-state index in [0.717, 1.165) is 0 Å². The Morgan fingerprint density at radius 3 is 2.68 bits per heavy atom. The Morgan fingerprint density at radius 2 is 2.08 bits per heavy atom. The molecule has 1 saturated heterocycles. The number of ether oxygens (including phenoxy) is 1. The molecule has 0 bridgehead atoms. The number of rotatable bonds is 7. The maximum absolute atomic E-state index is 12.5. The summed E-state index contributed by atoms with van der Waals surface area (Å²) in [5.74, 6) is -1.64. The zero-order valence-electron chi connectivity index (χ0n) is 13.9. The normalized spacial score (nSPS) is 15.5. The van der Waals surface area contributed by atoms with Crippen molar-refractivity contribution in [1.29, 1.82) is 0 Å². The molecule has 0 saturated carbocycles. The number of carboxylic acids is 1. The van der Waals surface area contributed by atoms with Crippen molar-refractivity contribution in [3.8, 4) is 0 Å². The number of amides is 1. The van der Waals surface area contributed by atoms with Crippen molar-refractivity contribution in [3.63, 3.8) is 0 Å². The standard InChI is InChI=1S/C16H21N3O6/c1-11(9-14(20)21)10-17-16(22)12-3-2-4-13(19(23)24)15(12)18-5-7-25-8-6-18/h2-4,11H,5-10H2,1H3,(H,17,22)(H,20,21). The third-order valence-corrected chi connectivity index (χ3v) is 3.92. The van der Waals surface area contributed by atoms with Crippen LogP contribution < -0.4 is 10.2 Å². The summed E-state index contributed by atoms with van der Waals surface area (Å²) in [6, 6.07) is 4.38. The number of hydrogen-bond donors (Lipinski definition) is 2. The largest absolute Gasteiger partial charge is 0.481 e. The third kappa shape index (κ3) is 4.90. The van der Waals surface area contributed by atoms with Gasteiger partial charge in [-0.05, 0) is 12.0 Å². The van der Waals surface area contributed by atoms with E-state index in [1.807, 2.05) is 0 Å². The lowest BCUT2D eigenvalue weighted by Gasteiger charge is -2.29. The van der Waals surface area contributed by atoms with Crippen LogP contribution in [0, 0.1) is 16.0 Å². The van der Waals surface area contributed by atoms with Crippen molar-refractivity contribution in [3.05, 3.63) is 33.9 Å². The van der Waals surface area contributed by atoms with Gasteiger partial charge in [-0.1, -0.05) is 13.0 Å². The van der Waals surface area contributed by atoms with Gasteiger partial charge in [-0.2, -0.15) is 0 Å². The zero-order valence-corrected chi connectivity index (χ0v) is 13.9. The number of carbonyl (C=O) groups is 2. The van der Waals surface area contributed by atoms with Crippen LogP contribution >= 0.6 is 0 Å². The highest BCUT2D eigenvalue weighted by molar-refractivity contribution is 6.02. The number of morpholine rings is 1. The fourth-order valence-corrected chi connectivity index (χ4v) is 2.71. The summed E-state index contributed by atoms with van der Waals surface area (Å²) >= 11 is 0. The molecule has 1 amide bonds. The van der Waals surface area contributed by atoms with Crippen LogP contribution in [0.1, 0.15) is 23.7 Å². The van der Waals surface area contributed by atoms with Crippen molar-refractivity contribution in [2.24, 2.45) is 5.92 Å². The Morgan fingerprint density at radius 1 is 1.40 bits per heavy atom. The average Bonchev–Trinajstić information content (AvgIpc) is 2.59. The van der Waals surface area contributed by atoms with E-state index in [1.54, 1.807) is 11.8 Å². The Kier molecular flexibility index (Phi) is 6.29. The average molecular weight is 351 g/mol. The van der Waals surface area contributed by atoms with Gasteiger partial charge < -0.3 is 20.1 Å². The summed E-state index contributed by atoms with van der Waals surface area (Å²) in [5, 5.41) is 22.8. The monoisotopic (exact) mass is 351 g/mol. The number of hydrogen-bond acceptors (Lipinski definition) is 6. The summed E-state index contributed by atoms with van der Waals surface area (Å²) in [6.07, 6.45) is -0.0639. The van der Waals surface area contributed by atoms with E-state index in [0.29, 0.717) is 26.3 Å². The molecule has 25 heavy (non-hydrogen) atoms. The lowest BCUT2D eigenvalue weighted by atomic mass is 10.1. The highest BCUT2D eigenvalue weighted by atomic mass is 16.6. The first-order valence-electron chi connectivity index (χ1n) is 8.00. The lowest BCUT2D eigenvalue weighted by Crippen LogP contribution is -2.38. The number of carbonyl (C=O) groups excluding carboxylic acids is 1. The number of nitrogens with one attached hydrogen (secondary N) is 1. The van der Waals surface area contributed by atoms with E-state index in [4.69, 9.17) is 9.84 Å².